The lowest BCUT2D eigenvalue weighted by atomic mass is 10.1. The molecule has 2 amide bonds. The molecule has 0 aromatic carbocycles. The number of piperazine rings is 1. The van der Waals surface area contributed by atoms with Crippen molar-refractivity contribution in [1.82, 2.24) is 20.2 Å². The molecular weight excluding hydrogens is 258 g/mol. The van der Waals surface area contributed by atoms with Crippen molar-refractivity contribution in [1.29, 1.82) is 0 Å². The van der Waals surface area contributed by atoms with Crippen molar-refractivity contribution < 1.29 is 9.59 Å². The Bertz CT molecular complexity index is 519. The third-order valence-electron chi connectivity index (χ3n) is 3.45. The zero-order chi connectivity index (χ0) is 14.7. The number of aryl methyl sites for hydroxylation is 1. The first-order valence-corrected chi connectivity index (χ1v) is 6.55. The number of carbonyl (C=O) groups excluding carboxylic acids is 2. The van der Waals surface area contributed by atoms with Crippen LogP contribution in [-0.4, -0.2) is 59.4 Å². The van der Waals surface area contributed by atoms with Gasteiger partial charge in [-0.2, -0.15) is 0 Å². The fourth-order valence-electron chi connectivity index (χ4n) is 2.37. The maximum absolute atomic E-state index is 12.0. The second-order valence-corrected chi connectivity index (χ2v) is 4.81. The molecule has 0 aliphatic carbocycles. The molecule has 0 spiro atoms. The molecule has 1 aromatic rings. The SMILES string of the molecule is CNC(=O)[C@@H]1CN(c2cc(C)ncn2)CCN1C(C)=O. The van der Waals surface area contributed by atoms with Crippen molar-refractivity contribution in [3.63, 3.8) is 0 Å². The first-order valence-electron chi connectivity index (χ1n) is 6.55. The average molecular weight is 277 g/mol. The van der Waals surface area contributed by atoms with Crippen LogP contribution in [0.25, 0.3) is 0 Å². The van der Waals surface area contributed by atoms with Crippen LogP contribution in [0.3, 0.4) is 0 Å². The predicted octanol–water partition coefficient (Wildman–Crippen LogP) is -0.432. The van der Waals surface area contributed by atoms with E-state index in [0.29, 0.717) is 19.6 Å². The monoisotopic (exact) mass is 277 g/mol. The van der Waals surface area contributed by atoms with Gasteiger partial charge in [-0.05, 0) is 6.92 Å². The molecule has 1 saturated heterocycles. The summed E-state index contributed by atoms with van der Waals surface area (Å²) < 4.78 is 0. The van der Waals surface area contributed by atoms with E-state index >= 15 is 0 Å². The number of hydrogen-bond acceptors (Lipinski definition) is 5. The Labute approximate surface area is 118 Å². The van der Waals surface area contributed by atoms with Crippen molar-refractivity contribution in [2.75, 3.05) is 31.6 Å². The quantitative estimate of drug-likeness (QED) is 0.793. The molecule has 1 N–H and O–H groups in total. The zero-order valence-electron chi connectivity index (χ0n) is 12.0. The summed E-state index contributed by atoms with van der Waals surface area (Å²) in [6.07, 6.45) is 1.51. The Morgan fingerprint density at radius 1 is 1.35 bits per heavy atom. The summed E-state index contributed by atoms with van der Waals surface area (Å²) in [6, 6.07) is 1.39. The van der Waals surface area contributed by atoms with E-state index in [4.69, 9.17) is 0 Å². The third-order valence-corrected chi connectivity index (χ3v) is 3.45. The topological polar surface area (TPSA) is 78.4 Å². The minimum atomic E-state index is -0.485. The van der Waals surface area contributed by atoms with Crippen molar-refractivity contribution in [3.05, 3.63) is 18.1 Å². The van der Waals surface area contributed by atoms with Crippen molar-refractivity contribution >= 4 is 17.6 Å². The van der Waals surface area contributed by atoms with E-state index in [1.54, 1.807) is 11.9 Å². The van der Waals surface area contributed by atoms with Crippen LogP contribution in [0.15, 0.2) is 12.4 Å². The second kappa shape index (κ2) is 5.85. The van der Waals surface area contributed by atoms with Crippen LogP contribution in [0.5, 0.6) is 0 Å². The molecule has 7 nitrogen and oxygen atoms in total. The lowest BCUT2D eigenvalue weighted by molar-refractivity contribution is -0.139. The zero-order valence-corrected chi connectivity index (χ0v) is 12.0. The summed E-state index contributed by atoms with van der Waals surface area (Å²) in [5.41, 5.74) is 0.875. The number of amides is 2. The molecule has 0 radical (unpaired) electrons. The highest BCUT2D eigenvalue weighted by atomic mass is 16.2. The van der Waals surface area contributed by atoms with Gasteiger partial charge in [0.05, 0.1) is 0 Å². The van der Waals surface area contributed by atoms with Crippen LogP contribution in [0.4, 0.5) is 5.82 Å². The van der Waals surface area contributed by atoms with Gasteiger partial charge >= 0.3 is 0 Å². The minimum absolute atomic E-state index is 0.0860. The predicted molar refractivity (Wildman–Crippen MR) is 74.2 cm³/mol. The van der Waals surface area contributed by atoms with Crippen molar-refractivity contribution in [3.8, 4) is 0 Å². The molecule has 2 rings (SSSR count). The van der Waals surface area contributed by atoms with Crippen molar-refractivity contribution in [2.24, 2.45) is 0 Å². The fraction of sp³-hybridized carbons (Fsp3) is 0.538. The Kier molecular flexibility index (Phi) is 4.16. The molecule has 108 valence electrons. The number of carbonyl (C=O) groups is 2. The highest BCUT2D eigenvalue weighted by Crippen LogP contribution is 2.17. The molecule has 1 aliphatic rings. The largest absolute Gasteiger partial charge is 0.357 e. The van der Waals surface area contributed by atoms with E-state index in [-0.39, 0.29) is 11.8 Å². The van der Waals surface area contributed by atoms with E-state index in [2.05, 4.69) is 15.3 Å². The lowest BCUT2D eigenvalue weighted by Crippen LogP contribution is -2.60. The number of likely N-dealkylation sites (N-methyl/N-ethyl adjacent to an activating group) is 1. The standard InChI is InChI=1S/C13H19N5O2/c1-9-6-12(16-8-15-9)17-4-5-18(10(2)19)11(7-17)13(20)14-3/h6,8,11H,4-5,7H2,1-3H3,(H,14,20)/t11-/m0/s1. The van der Waals surface area contributed by atoms with Gasteiger partial charge in [-0.15, -0.1) is 0 Å². The van der Waals surface area contributed by atoms with E-state index in [1.807, 2.05) is 17.9 Å². The first-order chi connectivity index (χ1) is 9.52. The molecule has 0 saturated carbocycles. The van der Waals surface area contributed by atoms with E-state index in [9.17, 15) is 9.59 Å². The van der Waals surface area contributed by atoms with Gasteiger partial charge in [-0.1, -0.05) is 0 Å². The molecule has 0 unspecified atom stereocenters. The van der Waals surface area contributed by atoms with E-state index in [0.717, 1.165) is 11.5 Å². The summed E-state index contributed by atoms with van der Waals surface area (Å²) >= 11 is 0. The average Bonchev–Trinajstić information content (AvgIpc) is 2.45. The third kappa shape index (κ3) is 2.87. The highest BCUT2D eigenvalue weighted by molar-refractivity contribution is 5.87. The molecule has 1 aromatic heterocycles. The summed E-state index contributed by atoms with van der Waals surface area (Å²) in [5.74, 6) is 0.544. The van der Waals surface area contributed by atoms with E-state index < -0.39 is 6.04 Å². The van der Waals surface area contributed by atoms with Gasteiger partial charge in [0.15, 0.2) is 0 Å². The van der Waals surface area contributed by atoms with Gasteiger partial charge in [0, 0.05) is 45.4 Å². The van der Waals surface area contributed by atoms with Gasteiger partial charge in [-0.3, -0.25) is 9.59 Å². The molecule has 0 bridgehead atoms. The molecule has 1 fully saturated rings. The van der Waals surface area contributed by atoms with E-state index in [1.165, 1.54) is 13.3 Å². The van der Waals surface area contributed by atoms with Gasteiger partial charge in [-0.25, -0.2) is 9.97 Å². The smallest absolute Gasteiger partial charge is 0.244 e. The summed E-state index contributed by atoms with van der Waals surface area (Å²) in [6.45, 7) is 4.99. The number of anilines is 1. The minimum Gasteiger partial charge on any atom is -0.357 e. The fourth-order valence-corrected chi connectivity index (χ4v) is 2.37. The van der Waals surface area contributed by atoms with Gasteiger partial charge in [0.25, 0.3) is 0 Å². The number of rotatable bonds is 2. The molecule has 20 heavy (non-hydrogen) atoms. The van der Waals surface area contributed by atoms with Gasteiger partial charge < -0.3 is 15.1 Å². The Hall–Kier alpha value is -2.18. The maximum Gasteiger partial charge on any atom is 0.244 e. The van der Waals surface area contributed by atoms with Crippen LogP contribution >= 0.6 is 0 Å². The van der Waals surface area contributed by atoms with Crippen molar-refractivity contribution in [2.45, 2.75) is 19.9 Å². The number of aromatic nitrogens is 2. The van der Waals surface area contributed by atoms with Crippen LogP contribution in [0.2, 0.25) is 0 Å². The summed E-state index contributed by atoms with van der Waals surface area (Å²) in [7, 11) is 1.58. The Balaban J connectivity index is 2.20. The summed E-state index contributed by atoms with van der Waals surface area (Å²) in [5, 5.41) is 2.61. The summed E-state index contributed by atoms with van der Waals surface area (Å²) in [4.78, 5) is 35.5. The molecule has 2 heterocycles. The van der Waals surface area contributed by atoms with Crippen LogP contribution in [0.1, 0.15) is 12.6 Å². The first kappa shape index (κ1) is 14.2. The van der Waals surface area contributed by atoms with Gasteiger partial charge in [0.1, 0.15) is 18.2 Å². The molecule has 7 heteroatoms. The van der Waals surface area contributed by atoms with Crippen LogP contribution < -0.4 is 10.2 Å². The van der Waals surface area contributed by atoms with Gasteiger partial charge in [0.2, 0.25) is 11.8 Å². The number of nitrogens with one attached hydrogen (secondary N) is 1. The second-order valence-electron chi connectivity index (χ2n) is 4.81. The lowest BCUT2D eigenvalue weighted by Gasteiger charge is -2.40. The highest BCUT2D eigenvalue weighted by Gasteiger charge is 2.33. The Morgan fingerprint density at radius 3 is 2.70 bits per heavy atom. The number of nitrogens with zero attached hydrogens (tertiary/aromatic N) is 4. The number of hydrogen-bond donors (Lipinski definition) is 1. The normalized spacial score (nSPS) is 18.9. The van der Waals surface area contributed by atoms with Crippen LogP contribution in [0, 0.1) is 6.92 Å². The maximum atomic E-state index is 12.0. The molecular formula is C13H19N5O2. The molecule has 1 atom stereocenters. The Morgan fingerprint density at radius 2 is 2.10 bits per heavy atom. The molecule has 1 aliphatic heterocycles. The van der Waals surface area contributed by atoms with Crippen LogP contribution in [-0.2, 0) is 9.59 Å².